The van der Waals surface area contributed by atoms with Crippen molar-refractivity contribution in [3.05, 3.63) is 35.9 Å². The number of carbonyl (C=O) groups excluding carboxylic acids is 3. The largest absolute Gasteiger partial charge is 0.465 e. The van der Waals surface area contributed by atoms with E-state index in [0.717, 1.165) is 31.2 Å². The van der Waals surface area contributed by atoms with Crippen LogP contribution in [0.5, 0.6) is 0 Å². The Balaban J connectivity index is 0.000000322. The lowest BCUT2D eigenvalue weighted by molar-refractivity contribution is -0.146. The minimum absolute atomic E-state index is 0.0261. The number of ether oxygens (including phenoxy) is 2. The first-order chi connectivity index (χ1) is 21.3. The lowest BCUT2D eigenvalue weighted by Gasteiger charge is -2.42. The Hall–Kier alpha value is -3.18. The summed E-state index contributed by atoms with van der Waals surface area (Å²) in [5.74, 6) is -0.473. The highest BCUT2D eigenvalue weighted by atomic mass is 16.6. The van der Waals surface area contributed by atoms with Gasteiger partial charge < -0.3 is 29.9 Å². The summed E-state index contributed by atoms with van der Waals surface area (Å²) in [6, 6.07) is 9.58. The highest BCUT2D eigenvalue weighted by Gasteiger charge is 2.55. The molecule has 11 heteroatoms. The van der Waals surface area contributed by atoms with Crippen LogP contribution in [0, 0.1) is 5.41 Å². The Morgan fingerprint density at radius 3 is 2.00 bits per heavy atom. The maximum Gasteiger partial charge on any atom is 0.407 e. The molecule has 1 aliphatic heterocycles. The van der Waals surface area contributed by atoms with Crippen molar-refractivity contribution < 1.29 is 38.9 Å². The van der Waals surface area contributed by atoms with Gasteiger partial charge in [-0.2, -0.15) is 0 Å². The van der Waals surface area contributed by atoms with Gasteiger partial charge in [0.05, 0.1) is 24.2 Å². The fraction of sp³-hybridized carbons (Fsp3) is 0.714. The van der Waals surface area contributed by atoms with Crippen molar-refractivity contribution in [3.8, 4) is 0 Å². The molecular weight excluding hydrogens is 590 g/mol. The van der Waals surface area contributed by atoms with E-state index in [9.17, 15) is 29.4 Å². The third-order valence-corrected chi connectivity index (χ3v) is 8.81. The topological polar surface area (TPSA) is 146 Å². The van der Waals surface area contributed by atoms with Crippen LogP contribution in [0.15, 0.2) is 30.3 Å². The monoisotopic (exact) mass is 645 g/mol. The Labute approximate surface area is 274 Å². The third kappa shape index (κ3) is 10.2. The maximum absolute atomic E-state index is 13.1. The van der Waals surface area contributed by atoms with Gasteiger partial charge >= 0.3 is 12.2 Å². The summed E-state index contributed by atoms with van der Waals surface area (Å²) < 4.78 is 11.5. The number of benzene rings is 1. The number of imide groups is 1. The molecule has 2 saturated carbocycles. The van der Waals surface area contributed by atoms with Crippen molar-refractivity contribution in [2.75, 3.05) is 0 Å². The van der Waals surface area contributed by atoms with E-state index in [1.54, 1.807) is 13.8 Å². The molecule has 11 nitrogen and oxygen atoms in total. The number of carbonyl (C=O) groups is 4. The van der Waals surface area contributed by atoms with Crippen molar-refractivity contribution in [2.24, 2.45) is 5.41 Å². The minimum atomic E-state index is -0.905. The number of aliphatic hydroxyl groups is 1. The van der Waals surface area contributed by atoms with Gasteiger partial charge in [0.2, 0.25) is 5.91 Å². The molecule has 0 aromatic heterocycles. The summed E-state index contributed by atoms with van der Waals surface area (Å²) >= 11 is 0. The van der Waals surface area contributed by atoms with Gasteiger partial charge in [0.25, 0.3) is 5.91 Å². The second kappa shape index (κ2) is 15.2. The SMILES string of the molecule is CC(C)(C)N(C(=O)O)[C@H]1CC[C@@H](O)CC1.CC(C)(C)OC(=O)NC1CCC(OC2C(=O)N(Cc3ccccc3)C(=O)C2(C)C)CC1. The molecule has 4 amide bonds. The summed E-state index contributed by atoms with van der Waals surface area (Å²) in [5, 5.41) is 21.5. The van der Waals surface area contributed by atoms with Crippen LogP contribution in [0.1, 0.15) is 112 Å². The summed E-state index contributed by atoms with van der Waals surface area (Å²) in [5.41, 5.74) is -0.887. The average molecular weight is 646 g/mol. The Bertz CT molecular complexity index is 1190. The van der Waals surface area contributed by atoms with Crippen molar-refractivity contribution in [1.82, 2.24) is 15.1 Å². The predicted molar refractivity (Wildman–Crippen MR) is 174 cm³/mol. The van der Waals surface area contributed by atoms with Crippen molar-refractivity contribution in [2.45, 2.75) is 155 Å². The summed E-state index contributed by atoms with van der Waals surface area (Å²) in [4.78, 5) is 52.0. The summed E-state index contributed by atoms with van der Waals surface area (Å²) in [6.45, 7) is 15.0. The van der Waals surface area contributed by atoms with Gasteiger partial charge in [-0.05, 0) is 112 Å². The molecule has 1 heterocycles. The number of hydrogen-bond acceptors (Lipinski definition) is 7. The van der Waals surface area contributed by atoms with E-state index in [1.165, 1.54) is 9.80 Å². The molecule has 3 N–H and O–H groups in total. The molecule has 3 aliphatic rings. The van der Waals surface area contributed by atoms with E-state index in [2.05, 4.69) is 5.32 Å². The Morgan fingerprint density at radius 1 is 0.935 bits per heavy atom. The maximum atomic E-state index is 13.1. The third-order valence-electron chi connectivity index (χ3n) is 8.81. The molecule has 0 radical (unpaired) electrons. The van der Waals surface area contributed by atoms with Crippen LogP contribution in [0.25, 0.3) is 0 Å². The molecule has 258 valence electrons. The molecule has 4 rings (SSSR count). The van der Waals surface area contributed by atoms with Crippen molar-refractivity contribution in [1.29, 1.82) is 0 Å². The van der Waals surface area contributed by atoms with Crippen LogP contribution in [0.2, 0.25) is 0 Å². The standard InChI is InChI=1S/C24H34N2O5.C11H21NO3/c1-23(2,3)31-22(29)25-17-11-13-18(14-12-17)30-19-20(27)26(21(28)24(19,4)5)15-16-9-7-6-8-10-16;1-11(2,3)12(10(14)15)8-4-6-9(13)7-5-8/h6-10,17-19H,11-15H2,1-5H3,(H,25,29);8-9,13H,4-7H2,1-3H3,(H,14,15)/t;8-,9+. The highest BCUT2D eigenvalue weighted by molar-refractivity contribution is 6.08. The van der Waals surface area contributed by atoms with Gasteiger partial charge in [0.1, 0.15) is 5.60 Å². The zero-order valence-electron chi connectivity index (χ0n) is 28.9. The second-order valence-corrected chi connectivity index (χ2v) is 15.4. The molecule has 2 aliphatic carbocycles. The van der Waals surface area contributed by atoms with Gasteiger partial charge in [0.15, 0.2) is 6.10 Å². The van der Waals surface area contributed by atoms with Gasteiger partial charge in [-0.3, -0.25) is 14.5 Å². The van der Waals surface area contributed by atoms with Crippen LogP contribution in [0.3, 0.4) is 0 Å². The van der Waals surface area contributed by atoms with E-state index in [4.69, 9.17) is 9.47 Å². The fourth-order valence-electron chi connectivity index (χ4n) is 6.47. The molecule has 0 bridgehead atoms. The average Bonchev–Trinajstić information content (AvgIpc) is 3.09. The lowest BCUT2D eigenvalue weighted by Crippen LogP contribution is -2.52. The molecule has 1 aromatic rings. The van der Waals surface area contributed by atoms with E-state index >= 15 is 0 Å². The number of likely N-dealkylation sites (tertiary alicyclic amines) is 1. The second-order valence-electron chi connectivity index (χ2n) is 15.4. The van der Waals surface area contributed by atoms with Crippen molar-refractivity contribution in [3.63, 3.8) is 0 Å². The number of nitrogens with one attached hydrogen (secondary N) is 1. The van der Waals surface area contributed by atoms with E-state index in [-0.39, 0.29) is 48.2 Å². The van der Waals surface area contributed by atoms with Crippen LogP contribution in [0.4, 0.5) is 9.59 Å². The van der Waals surface area contributed by atoms with E-state index < -0.39 is 29.3 Å². The molecule has 1 aromatic carbocycles. The van der Waals surface area contributed by atoms with Gasteiger partial charge in [0, 0.05) is 17.6 Å². The molecule has 1 unspecified atom stereocenters. The van der Waals surface area contributed by atoms with Crippen molar-refractivity contribution >= 4 is 24.0 Å². The molecular formula is C35H55N3O8. The fourth-order valence-corrected chi connectivity index (χ4v) is 6.47. The zero-order valence-corrected chi connectivity index (χ0v) is 28.9. The van der Waals surface area contributed by atoms with Crippen LogP contribution in [-0.2, 0) is 25.6 Å². The number of alkyl carbamates (subject to hydrolysis) is 1. The van der Waals surface area contributed by atoms with E-state index in [0.29, 0.717) is 25.7 Å². The van der Waals surface area contributed by atoms with Gasteiger partial charge in [-0.25, -0.2) is 9.59 Å². The zero-order chi connectivity index (χ0) is 34.4. The predicted octanol–water partition coefficient (Wildman–Crippen LogP) is 5.87. The number of carboxylic acid groups (broad SMARTS) is 1. The minimum Gasteiger partial charge on any atom is -0.465 e. The molecule has 46 heavy (non-hydrogen) atoms. The number of aliphatic hydroxyl groups excluding tert-OH is 1. The van der Waals surface area contributed by atoms with Crippen LogP contribution in [-0.4, -0.2) is 85.5 Å². The first kappa shape index (κ1) is 37.3. The first-order valence-electron chi connectivity index (χ1n) is 16.5. The van der Waals surface area contributed by atoms with Gasteiger partial charge in [-0.15, -0.1) is 0 Å². The van der Waals surface area contributed by atoms with Gasteiger partial charge in [-0.1, -0.05) is 30.3 Å². The quantitative estimate of drug-likeness (QED) is 0.326. The number of hydrogen-bond donors (Lipinski definition) is 3. The Kier molecular flexibility index (Phi) is 12.3. The van der Waals surface area contributed by atoms with Crippen LogP contribution >= 0.6 is 0 Å². The Morgan fingerprint density at radius 2 is 1.50 bits per heavy atom. The highest BCUT2D eigenvalue weighted by Crippen LogP contribution is 2.38. The summed E-state index contributed by atoms with van der Waals surface area (Å²) in [6.07, 6.45) is 3.47. The molecule has 1 atom stereocenters. The molecule has 3 fully saturated rings. The normalized spacial score (nSPS) is 26.5. The lowest BCUT2D eigenvalue weighted by atomic mass is 9.87. The number of rotatable bonds is 6. The first-order valence-corrected chi connectivity index (χ1v) is 16.5. The van der Waals surface area contributed by atoms with E-state index in [1.807, 2.05) is 71.9 Å². The number of nitrogens with zero attached hydrogens (tertiary/aromatic N) is 2. The summed E-state index contributed by atoms with van der Waals surface area (Å²) in [7, 11) is 0. The molecule has 0 spiro atoms. The molecule has 1 saturated heterocycles. The van der Waals surface area contributed by atoms with Crippen LogP contribution < -0.4 is 5.32 Å². The number of amides is 4. The smallest absolute Gasteiger partial charge is 0.407 e.